The number of amides is 2. The molecule has 0 aromatic heterocycles. The maximum Gasteiger partial charge on any atom is 0.410 e. The monoisotopic (exact) mass is 360 g/mol. The lowest BCUT2D eigenvalue weighted by Gasteiger charge is -2.29. The van der Waals surface area contributed by atoms with Crippen molar-refractivity contribution in [3.05, 3.63) is 48.0 Å². The van der Waals surface area contributed by atoms with Gasteiger partial charge in [0, 0.05) is 6.54 Å². The van der Waals surface area contributed by atoms with Crippen molar-refractivity contribution in [3.63, 3.8) is 0 Å². The van der Waals surface area contributed by atoms with Gasteiger partial charge in [0.05, 0.1) is 12.1 Å². The quantitative estimate of drug-likeness (QED) is 0.831. The van der Waals surface area contributed by atoms with Crippen molar-refractivity contribution in [2.24, 2.45) is 0 Å². The van der Waals surface area contributed by atoms with Crippen molar-refractivity contribution in [2.75, 3.05) is 6.54 Å². The minimum atomic E-state index is -0.563. The lowest BCUT2D eigenvalue weighted by atomic mass is 10.2. The van der Waals surface area contributed by atoms with Crippen molar-refractivity contribution < 1.29 is 19.1 Å². The minimum absolute atomic E-state index is 0.108. The van der Waals surface area contributed by atoms with Gasteiger partial charge >= 0.3 is 12.2 Å². The average Bonchev–Trinajstić information content (AvgIpc) is 2.73. The van der Waals surface area contributed by atoms with E-state index in [4.69, 9.17) is 9.47 Å². The summed E-state index contributed by atoms with van der Waals surface area (Å²) in [5.41, 5.74) is 0.369. The van der Waals surface area contributed by atoms with Gasteiger partial charge in [0.2, 0.25) is 0 Å². The van der Waals surface area contributed by atoms with E-state index in [0.717, 1.165) is 5.56 Å². The van der Waals surface area contributed by atoms with Crippen LogP contribution in [-0.4, -0.2) is 41.3 Å². The number of alkyl carbamates (subject to hydrolysis) is 1. The predicted octanol–water partition coefficient (Wildman–Crippen LogP) is 3.87. The van der Waals surface area contributed by atoms with Gasteiger partial charge in [-0.1, -0.05) is 42.5 Å². The standard InChI is InChI=1S/C20H28N2O4/c1-15-9-8-12-17(21-18(23)26-20(2,3)4)13-22(15)19(24)25-14-16-10-6-5-7-11-16/h5-11,15,17H,12-14H2,1-4H3,(H,21,23)/t15-,17-/m0/s1. The first kappa shape index (κ1) is 19.8. The van der Waals surface area contributed by atoms with Crippen LogP contribution >= 0.6 is 0 Å². The molecular weight excluding hydrogens is 332 g/mol. The van der Waals surface area contributed by atoms with E-state index in [1.54, 1.807) is 4.90 Å². The molecule has 0 fully saturated rings. The van der Waals surface area contributed by atoms with Crippen molar-refractivity contribution in [1.82, 2.24) is 10.2 Å². The molecule has 6 nitrogen and oxygen atoms in total. The molecule has 2 rings (SSSR count). The normalized spacial score (nSPS) is 20.2. The number of carbonyl (C=O) groups is 2. The largest absolute Gasteiger partial charge is 0.445 e. The number of benzene rings is 1. The molecule has 1 heterocycles. The van der Waals surface area contributed by atoms with E-state index < -0.39 is 17.8 Å². The van der Waals surface area contributed by atoms with Crippen molar-refractivity contribution in [1.29, 1.82) is 0 Å². The molecule has 142 valence electrons. The van der Waals surface area contributed by atoms with E-state index in [1.165, 1.54) is 0 Å². The van der Waals surface area contributed by atoms with Gasteiger partial charge in [0.25, 0.3) is 0 Å². The van der Waals surface area contributed by atoms with E-state index in [1.807, 2.05) is 70.2 Å². The summed E-state index contributed by atoms with van der Waals surface area (Å²) in [6.45, 7) is 7.95. The van der Waals surface area contributed by atoms with Gasteiger partial charge in [-0.15, -0.1) is 0 Å². The van der Waals surface area contributed by atoms with Crippen LogP contribution in [0.15, 0.2) is 42.5 Å². The van der Waals surface area contributed by atoms with Crippen LogP contribution in [0.25, 0.3) is 0 Å². The van der Waals surface area contributed by atoms with E-state index in [9.17, 15) is 9.59 Å². The Hall–Kier alpha value is -2.50. The second-order valence-electron chi connectivity index (χ2n) is 7.44. The van der Waals surface area contributed by atoms with Crippen LogP contribution in [0.3, 0.4) is 0 Å². The Kier molecular flexibility index (Phi) is 6.66. The minimum Gasteiger partial charge on any atom is -0.445 e. The molecule has 2 amide bonds. The first-order valence-electron chi connectivity index (χ1n) is 8.88. The predicted molar refractivity (Wildman–Crippen MR) is 99.7 cm³/mol. The van der Waals surface area contributed by atoms with Gasteiger partial charge in [0.15, 0.2) is 0 Å². The van der Waals surface area contributed by atoms with Gasteiger partial charge in [0.1, 0.15) is 12.2 Å². The number of carbonyl (C=O) groups excluding carboxylic acids is 2. The zero-order valence-electron chi connectivity index (χ0n) is 15.9. The average molecular weight is 360 g/mol. The van der Waals surface area contributed by atoms with Gasteiger partial charge < -0.3 is 14.8 Å². The van der Waals surface area contributed by atoms with E-state index in [0.29, 0.717) is 13.0 Å². The third kappa shape index (κ3) is 6.43. The topological polar surface area (TPSA) is 67.9 Å². The number of nitrogens with zero attached hydrogens (tertiary/aromatic N) is 1. The summed E-state index contributed by atoms with van der Waals surface area (Å²) in [4.78, 5) is 26.2. The van der Waals surface area contributed by atoms with Crippen molar-refractivity contribution >= 4 is 12.2 Å². The van der Waals surface area contributed by atoms with Crippen LogP contribution in [0.1, 0.15) is 39.7 Å². The summed E-state index contributed by atoms with van der Waals surface area (Å²) in [6.07, 6.45) is 3.66. The fourth-order valence-electron chi connectivity index (χ4n) is 2.64. The van der Waals surface area contributed by atoms with Crippen LogP contribution < -0.4 is 5.32 Å². The van der Waals surface area contributed by atoms with Crippen LogP contribution in [0.4, 0.5) is 9.59 Å². The second-order valence-corrected chi connectivity index (χ2v) is 7.44. The lowest BCUT2D eigenvalue weighted by Crippen LogP contribution is -2.48. The molecule has 0 unspecified atom stereocenters. The molecule has 1 aliphatic rings. The van der Waals surface area contributed by atoms with Gasteiger partial charge in [-0.05, 0) is 39.7 Å². The van der Waals surface area contributed by atoms with Gasteiger partial charge in [-0.2, -0.15) is 0 Å². The van der Waals surface area contributed by atoms with E-state index in [2.05, 4.69) is 5.32 Å². The molecule has 1 N–H and O–H groups in total. The Morgan fingerprint density at radius 2 is 1.92 bits per heavy atom. The molecule has 2 atom stereocenters. The summed E-state index contributed by atoms with van der Waals surface area (Å²) >= 11 is 0. The Morgan fingerprint density at radius 3 is 2.58 bits per heavy atom. The molecule has 0 aliphatic carbocycles. The fourth-order valence-corrected chi connectivity index (χ4v) is 2.64. The summed E-state index contributed by atoms with van der Waals surface area (Å²) in [6, 6.07) is 9.21. The number of nitrogens with one attached hydrogen (secondary N) is 1. The highest BCUT2D eigenvalue weighted by molar-refractivity contribution is 5.70. The zero-order chi connectivity index (χ0) is 19.2. The summed E-state index contributed by atoms with van der Waals surface area (Å²) in [7, 11) is 0. The van der Waals surface area contributed by atoms with Gasteiger partial charge in [-0.25, -0.2) is 9.59 Å². The maximum absolute atomic E-state index is 12.5. The molecule has 0 spiro atoms. The third-order valence-electron chi connectivity index (χ3n) is 3.90. The van der Waals surface area contributed by atoms with Crippen LogP contribution in [-0.2, 0) is 16.1 Å². The maximum atomic E-state index is 12.5. The third-order valence-corrected chi connectivity index (χ3v) is 3.90. The van der Waals surface area contributed by atoms with Crippen molar-refractivity contribution in [3.8, 4) is 0 Å². The number of hydrogen-bond donors (Lipinski definition) is 1. The molecule has 0 radical (unpaired) electrons. The molecule has 6 heteroatoms. The summed E-state index contributed by atoms with van der Waals surface area (Å²) in [5.74, 6) is 0. The molecule has 0 saturated carbocycles. The smallest absolute Gasteiger partial charge is 0.410 e. The molecule has 0 bridgehead atoms. The Bertz CT molecular complexity index is 637. The number of rotatable bonds is 3. The SMILES string of the molecule is C[C@H]1C=CC[C@H](NC(=O)OC(C)(C)C)CN1C(=O)OCc1ccccc1. The highest BCUT2D eigenvalue weighted by Gasteiger charge is 2.27. The Balaban J connectivity index is 1.94. The lowest BCUT2D eigenvalue weighted by molar-refractivity contribution is 0.0477. The second kappa shape index (κ2) is 8.74. The van der Waals surface area contributed by atoms with Crippen LogP contribution in [0.2, 0.25) is 0 Å². The molecule has 1 aromatic carbocycles. The summed E-state index contributed by atoms with van der Waals surface area (Å²) in [5, 5.41) is 2.83. The number of hydrogen-bond acceptors (Lipinski definition) is 4. The Labute approximate surface area is 155 Å². The Morgan fingerprint density at radius 1 is 1.23 bits per heavy atom. The van der Waals surface area contributed by atoms with Gasteiger partial charge in [-0.3, -0.25) is 4.90 Å². The molecular formula is C20H28N2O4. The van der Waals surface area contributed by atoms with Crippen LogP contribution in [0, 0.1) is 0 Å². The highest BCUT2D eigenvalue weighted by Crippen LogP contribution is 2.14. The van der Waals surface area contributed by atoms with Crippen LogP contribution in [0.5, 0.6) is 0 Å². The first-order valence-corrected chi connectivity index (χ1v) is 8.88. The zero-order valence-corrected chi connectivity index (χ0v) is 15.9. The highest BCUT2D eigenvalue weighted by atomic mass is 16.6. The molecule has 0 saturated heterocycles. The number of ether oxygens (including phenoxy) is 2. The molecule has 1 aromatic rings. The summed E-state index contributed by atoms with van der Waals surface area (Å²) < 4.78 is 10.7. The van der Waals surface area contributed by atoms with E-state index in [-0.39, 0.29) is 18.7 Å². The van der Waals surface area contributed by atoms with E-state index >= 15 is 0 Å². The molecule has 1 aliphatic heterocycles. The van der Waals surface area contributed by atoms with Crippen molar-refractivity contribution in [2.45, 2.75) is 58.4 Å². The molecule has 26 heavy (non-hydrogen) atoms. The first-order chi connectivity index (χ1) is 12.2. The fraction of sp³-hybridized carbons (Fsp3) is 0.500.